The van der Waals surface area contributed by atoms with Gasteiger partial charge in [0.1, 0.15) is 10.8 Å². The summed E-state index contributed by atoms with van der Waals surface area (Å²) in [5.41, 5.74) is 0.787. The van der Waals surface area contributed by atoms with Gasteiger partial charge in [-0.1, -0.05) is 13.3 Å². The average molecular weight is 333 g/mol. The molecule has 0 saturated heterocycles. The highest BCUT2D eigenvalue weighted by molar-refractivity contribution is 7.16. The van der Waals surface area contributed by atoms with Gasteiger partial charge < -0.3 is 15.2 Å². The van der Waals surface area contributed by atoms with Crippen molar-refractivity contribution in [2.45, 2.75) is 26.7 Å². The van der Waals surface area contributed by atoms with Crippen LogP contribution in [0.1, 0.15) is 45.9 Å². The van der Waals surface area contributed by atoms with Crippen LogP contribution in [-0.4, -0.2) is 23.6 Å². The van der Waals surface area contributed by atoms with Crippen LogP contribution in [0.3, 0.4) is 0 Å². The van der Waals surface area contributed by atoms with Crippen LogP contribution in [0.4, 0.5) is 5.00 Å². The van der Waals surface area contributed by atoms with Crippen molar-refractivity contribution in [2.75, 3.05) is 11.9 Å². The van der Waals surface area contributed by atoms with Crippen LogP contribution in [0.15, 0.2) is 30.3 Å². The van der Waals surface area contributed by atoms with E-state index in [9.17, 15) is 14.7 Å². The Kier molecular flexibility index (Phi) is 5.76. The molecule has 5 nitrogen and oxygen atoms in total. The molecule has 1 aromatic heterocycles. The number of hydrogen-bond donors (Lipinski definition) is 2. The van der Waals surface area contributed by atoms with Gasteiger partial charge >= 0.3 is 5.97 Å². The fourth-order valence-corrected chi connectivity index (χ4v) is 3.19. The number of esters is 1. The van der Waals surface area contributed by atoms with Gasteiger partial charge in [0.25, 0.3) is 5.91 Å². The molecule has 23 heavy (non-hydrogen) atoms. The molecular weight excluding hydrogens is 314 g/mol. The molecule has 1 amide bonds. The molecule has 0 saturated carbocycles. The molecule has 1 aromatic carbocycles. The summed E-state index contributed by atoms with van der Waals surface area (Å²) in [4.78, 5) is 25.4. The number of carbonyl (C=O) groups is 2. The summed E-state index contributed by atoms with van der Waals surface area (Å²) in [6.07, 6.45) is 1.79. The highest BCUT2D eigenvalue weighted by atomic mass is 32.1. The van der Waals surface area contributed by atoms with Crippen LogP contribution >= 0.6 is 11.3 Å². The first-order valence-corrected chi connectivity index (χ1v) is 8.27. The van der Waals surface area contributed by atoms with Gasteiger partial charge in [-0.25, -0.2) is 4.79 Å². The maximum atomic E-state index is 12.3. The zero-order chi connectivity index (χ0) is 16.8. The topological polar surface area (TPSA) is 75.6 Å². The molecule has 0 atom stereocenters. The van der Waals surface area contributed by atoms with Crippen molar-refractivity contribution in [1.82, 2.24) is 0 Å². The molecule has 2 aromatic rings. The van der Waals surface area contributed by atoms with Crippen LogP contribution in [0, 0.1) is 0 Å². The number of aromatic hydroxyl groups is 1. The van der Waals surface area contributed by atoms with Crippen LogP contribution in [0.2, 0.25) is 0 Å². The maximum Gasteiger partial charge on any atom is 0.341 e. The predicted octanol–water partition coefficient (Wildman–Crippen LogP) is 3.84. The second kappa shape index (κ2) is 7.78. The predicted molar refractivity (Wildman–Crippen MR) is 90.3 cm³/mol. The summed E-state index contributed by atoms with van der Waals surface area (Å²) in [7, 11) is 0. The van der Waals surface area contributed by atoms with E-state index in [1.165, 1.54) is 35.6 Å². The van der Waals surface area contributed by atoms with Gasteiger partial charge in [0.15, 0.2) is 0 Å². The van der Waals surface area contributed by atoms with Gasteiger partial charge in [-0.3, -0.25) is 4.79 Å². The van der Waals surface area contributed by atoms with E-state index in [4.69, 9.17) is 4.74 Å². The molecule has 2 N–H and O–H groups in total. The third-order valence-corrected chi connectivity index (χ3v) is 4.24. The molecular formula is C17H19NO4S. The number of thiophene rings is 1. The molecule has 6 heteroatoms. The van der Waals surface area contributed by atoms with Gasteiger partial charge in [-0.15, -0.1) is 11.3 Å². The lowest BCUT2D eigenvalue weighted by atomic mass is 10.2. The summed E-state index contributed by atoms with van der Waals surface area (Å²) >= 11 is 1.38. The van der Waals surface area contributed by atoms with Crippen molar-refractivity contribution in [3.63, 3.8) is 0 Å². The van der Waals surface area contributed by atoms with Crippen LogP contribution in [-0.2, 0) is 11.2 Å². The number of nitrogens with one attached hydrogen (secondary N) is 1. The van der Waals surface area contributed by atoms with Crippen molar-refractivity contribution in [3.8, 4) is 5.75 Å². The zero-order valence-corrected chi connectivity index (χ0v) is 13.9. The van der Waals surface area contributed by atoms with Crippen LogP contribution < -0.4 is 5.32 Å². The molecule has 122 valence electrons. The van der Waals surface area contributed by atoms with Gasteiger partial charge in [-0.2, -0.15) is 0 Å². The second-order valence-corrected chi connectivity index (χ2v) is 6.06. The fraction of sp³-hybridized carbons (Fsp3) is 0.294. The number of hydrogen-bond acceptors (Lipinski definition) is 5. The Hall–Kier alpha value is -2.34. The number of phenols is 1. The number of phenolic OH excluding ortho intramolecular Hbond substituents is 1. The standard InChI is InChI=1S/C17H19NO4S/c1-3-5-13-10-14(17(21)22-4-2)16(23-13)18-15(20)11-6-8-12(19)9-7-11/h6-10,19H,3-5H2,1-2H3,(H,18,20). The fourth-order valence-electron chi connectivity index (χ4n) is 2.05. The average Bonchev–Trinajstić information content (AvgIpc) is 2.91. The lowest BCUT2D eigenvalue weighted by molar-refractivity contribution is 0.0528. The Morgan fingerprint density at radius 3 is 2.52 bits per heavy atom. The van der Waals surface area contributed by atoms with E-state index in [2.05, 4.69) is 12.2 Å². The number of ether oxygens (including phenoxy) is 1. The van der Waals surface area contributed by atoms with Crippen molar-refractivity contribution in [3.05, 3.63) is 46.3 Å². The molecule has 1 heterocycles. The van der Waals surface area contributed by atoms with E-state index in [1.54, 1.807) is 13.0 Å². The van der Waals surface area contributed by atoms with E-state index in [-0.39, 0.29) is 18.3 Å². The quantitative estimate of drug-likeness (QED) is 0.788. The van der Waals surface area contributed by atoms with Gasteiger partial charge in [0, 0.05) is 10.4 Å². The van der Waals surface area contributed by atoms with Gasteiger partial charge in [-0.05, 0) is 43.7 Å². The Bertz CT molecular complexity index is 691. The monoisotopic (exact) mass is 333 g/mol. The first-order chi connectivity index (χ1) is 11.0. The largest absolute Gasteiger partial charge is 0.508 e. The second-order valence-electron chi connectivity index (χ2n) is 4.93. The van der Waals surface area contributed by atoms with E-state index in [0.717, 1.165) is 17.7 Å². The number of amides is 1. The third kappa shape index (κ3) is 4.32. The van der Waals surface area contributed by atoms with Crippen LogP contribution in [0.25, 0.3) is 0 Å². The molecule has 0 aliphatic carbocycles. The Labute approximate surface area is 138 Å². The minimum Gasteiger partial charge on any atom is -0.508 e. The van der Waals surface area contributed by atoms with Crippen molar-refractivity contribution in [1.29, 1.82) is 0 Å². The van der Waals surface area contributed by atoms with Gasteiger partial charge in [0.05, 0.1) is 12.2 Å². The molecule has 0 bridgehead atoms. The first kappa shape index (κ1) is 17.0. The van der Waals surface area contributed by atoms with Crippen molar-refractivity contribution >= 4 is 28.2 Å². The van der Waals surface area contributed by atoms with Crippen molar-refractivity contribution < 1.29 is 19.4 Å². The first-order valence-electron chi connectivity index (χ1n) is 7.45. The summed E-state index contributed by atoms with van der Waals surface area (Å²) < 4.78 is 5.05. The van der Waals surface area contributed by atoms with E-state index in [0.29, 0.717) is 16.1 Å². The number of anilines is 1. The molecule has 0 spiro atoms. The maximum absolute atomic E-state index is 12.3. The molecule has 0 aliphatic heterocycles. The lowest BCUT2D eigenvalue weighted by Crippen LogP contribution is -2.14. The lowest BCUT2D eigenvalue weighted by Gasteiger charge is -2.06. The van der Waals surface area contributed by atoms with Crippen molar-refractivity contribution in [2.24, 2.45) is 0 Å². The summed E-state index contributed by atoms with van der Waals surface area (Å²) in [5, 5.41) is 12.5. The number of rotatable bonds is 6. The minimum absolute atomic E-state index is 0.0927. The molecule has 2 rings (SSSR count). The Balaban J connectivity index is 2.24. The zero-order valence-electron chi connectivity index (χ0n) is 13.1. The van der Waals surface area contributed by atoms with E-state index in [1.807, 2.05) is 0 Å². The number of benzene rings is 1. The Morgan fingerprint density at radius 2 is 1.91 bits per heavy atom. The Morgan fingerprint density at radius 1 is 1.22 bits per heavy atom. The summed E-state index contributed by atoms with van der Waals surface area (Å²) in [6, 6.07) is 7.71. The highest BCUT2D eigenvalue weighted by Gasteiger charge is 2.19. The molecule has 0 radical (unpaired) electrons. The van der Waals surface area contributed by atoms with Gasteiger partial charge in [0.2, 0.25) is 0 Å². The third-order valence-electron chi connectivity index (χ3n) is 3.13. The molecule has 0 aliphatic rings. The number of aryl methyl sites for hydroxylation is 1. The normalized spacial score (nSPS) is 10.3. The summed E-state index contributed by atoms with van der Waals surface area (Å²) in [6.45, 7) is 4.08. The van der Waals surface area contributed by atoms with E-state index >= 15 is 0 Å². The highest BCUT2D eigenvalue weighted by Crippen LogP contribution is 2.30. The summed E-state index contributed by atoms with van der Waals surface area (Å²) in [5.74, 6) is -0.678. The molecule has 0 fully saturated rings. The van der Waals surface area contributed by atoms with Crippen LogP contribution in [0.5, 0.6) is 5.75 Å². The molecule has 0 unspecified atom stereocenters. The number of carbonyl (C=O) groups excluding carboxylic acids is 2. The minimum atomic E-state index is -0.438. The van der Waals surface area contributed by atoms with E-state index < -0.39 is 5.97 Å². The SMILES string of the molecule is CCCc1cc(C(=O)OCC)c(NC(=O)c2ccc(O)cc2)s1. The smallest absolute Gasteiger partial charge is 0.341 e.